The highest BCUT2D eigenvalue weighted by Gasteiger charge is 2.32. The van der Waals surface area contributed by atoms with Gasteiger partial charge in [0.25, 0.3) is 0 Å². The fourth-order valence-electron chi connectivity index (χ4n) is 4.41. The summed E-state index contributed by atoms with van der Waals surface area (Å²) in [5.41, 5.74) is 0.510. The van der Waals surface area contributed by atoms with E-state index in [1.165, 1.54) is 71.1 Å². The van der Waals surface area contributed by atoms with Gasteiger partial charge in [-0.25, -0.2) is 0 Å². The Bertz CT molecular complexity index is 280. The molecule has 0 aromatic heterocycles. The van der Waals surface area contributed by atoms with Crippen LogP contribution in [-0.4, -0.2) is 37.1 Å². The number of nitrogens with one attached hydrogen (secondary N) is 1. The zero-order valence-corrected chi connectivity index (χ0v) is 15.0. The molecule has 2 heteroatoms. The van der Waals surface area contributed by atoms with Crippen LogP contribution in [0.15, 0.2) is 0 Å². The number of nitrogens with zero attached hydrogens (tertiary/aromatic N) is 1. The SMILES string of the molecule is CCCN(CC1CCNCC1)C1CCC(C(C)(C)C)CC1. The van der Waals surface area contributed by atoms with E-state index >= 15 is 0 Å². The van der Waals surface area contributed by atoms with Crippen molar-refractivity contribution in [2.75, 3.05) is 26.2 Å². The van der Waals surface area contributed by atoms with Gasteiger partial charge in [-0.1, -0.05) is 27.7 Å². The Morgan fingerprint density at radius 2 is 1.57 bits per heavy atom. The van der Waals surface area contributed by atoms with E-state index in [0.29, 0.717) is 5.41 Å². The van der Waals surface area contributed by atoms with Crippen LogP contribution in [0.25, 0.3) is 0 Å². The van der Waals surface area contributed by atoms with Crippen LogP contribution in [0.3, 0.4) is 0 Å². The molecule has 1 heterocycles. The van der Waals surface area contributed by atoms with Crippen LogP contribution in [0.1, 0.15) is 72.6 Å². The second-order valence-electron chi connectivity index (χ2n) is 8.56. The topological polar surface area (TPSA) is 15.3 Å². The van der Waals surface area contributed by atoms with Gasteiger partial charge in [0.15, 0.2) is 0 Å². The van der Waals surface area contributed by atoms with Crippen molar-refractivity contribution in [1.29, 1.82) is 0 Å². The summed E-state index contributed by atoms with van der Waals surface area (Å²) in [6, 6.07) is 0.874. The molecule has 2 fully saturated rings. The van der Waals surface area contributed by atoms with Crippen molar-refractivity contribution in [3.05, 3.63) is 0 Å². The van der Waals surface area contributed by atoms with Gasteiger partial charge in [-0.2, -0.15) is 0 Å². The third kappa shape index (κ3) is 5.25. The lowest BCUT2D eigenvalue weighted by molar-refractivity contribution is 0.0799. The first kappa shape index (κ1) is 17.3. The maximum atomic E-state index is 3.50. The molecule has 124 valence electrons. The molecule has 0 atom stereocenters. The predicted octanol–water partition coefficient (Wildman–Crippen LogP) is 4.30. The molecule has 2 rings (SSSR count). The van der Waals surface area contributed by atoms with Gasteiger partial charge in [-0.15, -0.1) is 0 Å². The molecule has 0 aromatic rings. The minimum absolute atomic E-state index is 0.510. The summed E-state index contributed by atoms with van der Waals surface area (Å²) in [6.07, 6.45) is 9.85. The number of hydrogen-bond donors (Lipinski definition) is 1. The van der Waals surface area contributed by atoms with Gasteiger partial charge in [0.1, 0.15) is 0 Å². The molecule has 1 aliphatic heterocycles. The Hall–Kier alpha value is -0.0800. The molecule has 2 aliphatic rings. The molecule has 1 saturated carbocycles. The molecular weight excluding hydrogens is 256 g/mol. The molecular formula is C19H38N2. The van der Waals surface area contributed by atoms with E-state index in [-0.39, 0.29) is 0 Å². The van der Waals surface area contributed by atoms with Gasteiger partial charge in [0.05, 0.1) is 0 Å². The first-order valence-corrected chi connectivity index (χ1v) is 9.45. The number of rotatable bonds is 5. The average Bonchev–Trinajstić information content (AvgIpc) is 2.47. The Labute approximate surface area is 133 Å². The first-order chi connectivity index (χ1) is 10.0. The minimum atomic E-state index is 0.510. The predicted molar refractivity (Wildman–Crippen MR) is 92.7 cm³/mol. The second-order valence-corrected chi connectivity index (χ2v) is 8.56. The van der Waals surface area contributed by atoms with Gasteiger partial charge < -0.3 is 10.2 Å². The summed E-state index contributed by atoms with van der Waals surface area (Å²) < 4.78 is 0. The van der Waals surface area contributed by atoms with Crippen LogP contribution >= 0.6 is 0 Å². The van der Waals surface area contributed by atoms with Crippen molar-refractivity contribution >= 4 is 0 Å². The Morgan fingerprint density at radius 1 is 0.952 bits per heavy atom. The van der Waals surface area contributed by atoms with Crippen molar-refractivity contribution in [2.45, 2.75) is 78.7 Å². The molecule has 1 aliphatic carbocycles. The summed E-state index contributed by atoms with van der Waals surface area (Å²) in [5.74, 6) is 1.88. The largest absolute Gasteiger partial charge is 0.317 e. The lowest BCUT2D eigenvalue weighted by atomic mass is 9.71. The molecule has 0 unspecified atom stereocenters. The average molecular weight is 295 g/mol. The highest BCUT2D eigenvalue weighted by Crippen LogP contribution is 2.39. The van der Waals surface area contributed by atoms with Crippen LogP contribution in [0.4, 0.5) is 0 Å². The monoisotopic (exact) mass is 294 g/mol. The molecule has 2 nitrogen and oxygen atoms in total. The van der Waals surface area contributed by atoms with E-state index in [9.17, 15) is 0 Å². The highest BCUT2D eigenvalue weighted by atomic mass is 15.2. The summed E-state index contributed by atoms with van der Waals surface area (Å²) in [6.45, 7) is 14.8. The van der Waals surface area contributed by atoms with E-state index < -0.39 is 0 Å². The molecule has 21 heavy (non-hydrogen) atoms. The minimum Gasteiger partial charge on any atom is -0.317 e. The van der Waals surface area contributed by atoms with Crippen LogP contribution < -0.4 is 5.32 Å². The normalized spacial score (nSPS) is 29.0. The van der Waals surface area contributed by atoms with Crippen LogP contribution in [-0.2, 0) is 0 Å². The van der Waals surface area contributed by atoms with Gasteiger partial charge in [-0.3, -0.25) is 0 Å². The zero-order valence-electron chi connectivity index (χ0n) is 15.0. The number of piperidine rings is 1. The van der Waals surface area contributed by atoms with E-state index in [0.717, 1.165) is 17.9 Å². The third-order valence-corrected chi connectivity index (χ3v) is 5.90. The molecule has 0 aromatic carbocycles. The lowest BCUT2D eigenvalue weighted by Gasteiger charge is -2.42. The van der Waals surface area contributed by atoms with Gasteiger partial charge >= 0.3 is 0 Å². The standard InChI is InChI=1S/C19H38N2/c1-5-14-21(15-16-10-12-20-13-11-16)18-8-6-17(7-9-18)19(2,3)4/h16-18,20H,5-15H2,1-4H3. The second kappa shape index (κ2) is 7.97. The Kier molecular flexibility index (Phi) is 6.55. The van der Waals surface area contributed by atoms with Gasteiger partial charge in [0, 0.05) is 12.6 Å². The maximum absolute atomic E-state index is 3.50. The highest BCUT2D eigenvalue weighted by molar-refractivity contribution is 4.86. The van der Waals surface area contributed by atoms with Crippen LogP contribution in [0.2, 0.25) is 0 Å². The molecule has 0 radical (unpaired) electrons. The smallest absolute Gasteiger partial charge is 0.00955 e. The van der Waals surface area contributed by atoms with Gasteiger partial charge in [0.2, 0.25) is 0 Å². The van der Waals surface area contributed by atoms with Crippen molar-refractivity contribution in [3.8, 4) is 0 Å². The van der Waals surface area contributed by atoms with Crippen molar-refractivity contribution in [1.82, 2.24) is 10.2 Å². The Balaban J connectivity index is 1.84. The van der Waals surface area contributed by atoms with E-state index in [1.54, 1.807) is 0 Å². The fourth-order valence-corrected chi connectivity index (χ4v) is 4.41. The summed E-state index contributed by atoms with van der Waals surface area (Å²) in [4.78, 5) is 2.86. The first-order valence-electron chi connectivity index (χ1n) is 9.45. The summed E-state index contributed by atoms with van der Waals surface area (Å²) >= 11 is 0. The molecule has 0 bridgehead atoms. The van der Waals surface area contributed by atoms with Crippen molar-refractivity contribution in [3.63, 3.8) is 0 Å². The van der Waals surface area contributed by atoms with Crippen molar-refractivity contribution < 1.29 is 0 Å². The zero-order chi connectivity index (χ0) is 15.3. The van der Waals surface area contributed by atoms with E-state index in [2.05, 4.69) is 37.9 Å². The molecule has 0 spiro atoms. The van der Waals surface area contributed by atoms with E-state index in [1.807, 2.05) is 0 Å². The molecule has 1 N–H and O–H groups in total. The van der Waals surface area contributed by atoms with Crippen LogP contribution in [0.5, 0.6) is 0 Å². The summed E-state index contributed by atoms with van der Waals surface area (Å²) in [7, 11) is 0. The Morgan fingerprint density at radius 3 is 2.10 bits per heavy atom. The number of hydrogen-bond acceptors (Lipinski definition) is 2. The van der Waals surface area contributed by atoms with Crippen molar-refractivity contribution in [2.24, 2.45) is 17.3 Å². The third-order valence-electron chi connectivity index (χ3n) is 5.90. The maximum Gasteiger partial charge on any atom is 0.00955 e. The van der Waals surface area contributed by atoms with Crippen LogP contribution in [0, 0.1) is 17.3 Å². The summed E-state index contributed by atoms with van der Waals surface area (Å²) in [5, 5.41) is 3.50. The quantitative estimate of drug-likeness (QED) is 0.813. The molecule has 1 saturated heterocycles. The van der Waals surface area contributed by atoms with Gasteiger partial charge in [-0.05, 0) is 81.8 Å². The van der Waals surface area contributed by atoms with E-state index in [4.69, 9.17) is 0 Å². The molecule has 0 amide bonds. The lowest BCUT2D eigenvalue weighted by Crippen LogP contribution is -2.44. The fraction of sp³-hybridized carbons (Fsp3) is 1.00.